The van der Waals surface area contributed by atoms with Gasteiger partial charge in [0.15, 0.2) is 5.82 Å². The van der Waals surface area contributed by atoms with Crippen molar-refractivity contribution in [3.8, 4) is 0 Å². The summed E-state index contributed by atoms with van der Waals surface area (Å²) in [4.78, 5) is 18.3. The Kier molecular flexibility index (Phi) is 3.89. The lowest BCUT2D eigenvalue weighted by Gasteiger charge is -2.24. The summed E-state index contributed by atoms with van der Waals surface area (Å²) >= 11 is 0. The van der Waals surface area contributed by atoms with Gasteiger partial charge in [0.1, 0.15) is 0 Å². The Morgan fingerprint density at radius 2 is 2.12 bits per heavy atom. The van der Waals surface area contributed by atoms with Gasteiger partial charge in [-0.3, -0.25) is 9.69 Å². The van der Waals surface area contributed by atoms with Crippen LogP contribution in [0.4, 0.5) is 0 Å². The summed E-state index contributed by atoms with van der Waals surface area (Å²) < 4.78 is 30.9. The van der Waals surface area contributed by atoms with E-state index in [4.69, 9.17) is 4.52 Å². The number of aromatic nitrogens is 2. The van der Waals surface area contributed by atoms with Gasteiger partial charge in [0.2, 0.25) is 15.9 Å². The van der Waals surface area contributed by atoms with Gasteiger partial charge in [-0.15, -0.1) is 0 Å². The molecule has 10 heteroatoms. The maximum atomic E-state index is 12.1. The van der Waals surface area contributed by atoms with Gasteiger partial charge in [-0.2, -0.15) is 4.98 Å². The molecule has 1 N–H and O–H groups in total. The van der Waals surface area contributed by atoms with E-state index in [1.807, 2.05) is 4.90 Å². The van der Waals surface area contributed by atoms with Gasteiger partial charge >= 0.3 is 5.97 Å². The molecule has 1 aromatic heterocycles. The molecule has 0 amide bonds. The average Bonchev–Trinajstić information content (AvgIpc) is 3.03. The number of hydrogen-bond donors (Lipinski definition) is 1. The van der Waals surface area contributed by atoms with Crippen LogP contribution in [0.5, 0.6) is 0 Å². The molecule has 3 fully saturated rings. The van der Waals surface area contributed by atoms with Crippen molar-refractivity contribution in [2.75, 3.05) is 31.9 Å². The number of carboxylic acids is 1. The Labute approximate surface area is 146 Å². The van der Waals surface area contributed by atoms with Crippen molar-refractivity contribution in [3.63, 3.8) is 0 Å². The molecule has 9 nitrogen and oxygen atoms in total. The van der Waals surface area contributed by atoms with Crippen LogP contribution in [-0.2, 0) is 21.4 Å². The van der Waals surface area contributed by atoms with Crippen LogP contribution in [0.2, 0.25) is 0 Å². The van der Waals surface area contributed by atoms with E-state index in [1.165, 1.54) is 4.31 Å². The number of likely N-dealkylation sites (tertiary alicyclic amines) is 1. The molecular weight excluding hydrogens is 348 g/mol. The molecule has 1 unspecified atom stereocenters. The molecule has 3 heterocycles. The van der Waals surface area contributed by atoms with Crippen molar-refractivity contribution in [3.05, 3.63) is 11.7 Å². The molecule has 25 heavy (non-hydrogen) atoms. The van der Waals surface area contributed by atoms with Crippen LogP contribution in [0.3, 0.4) is 0 Å². The number of aliphatic carboxylic acids is 1. The van der Waals surface area contributed by atoms with E-state index in [1.54, 1.807) is 6.92 Å². The minimum Gasteiger partial charge on any atom is -0.481 e. The minimum atomic E-state index is -3.38. The fraction of sp³-hybridized carbons (Fsp3) is 0.800. The van der Waals surface area contributed by atoms with Crippen LogP contribution in [0.15, 0.2) is 4.52 Å². The Balaban J connectivity index is 1.48. The average molecular weight is 370 g/mol. The fourth-order valence-corrected chi connectivity index (χ4v) is 5.17. The lowest BCUT2D eigenvalue weighted by Crippen LogP contribution is -2.42. The summed E-state index contributed by atoms with van der Waals surface area (Å²) in [5.41, 5.74) is -1.05. The molecule has 4 rings (SSSR count). The fourth-order valence-electron chi connectivity index (χ4n) is 3.97. The Morgan fingerprint density at radius 1 is 1.36 bits per heavy atom. The van der Waals surface area contributed by atoms with E-state index in [0.717, 1.165) is 18.7 Å². The zero-order chi connectivity index (χ0) is 17.8. The van der Waals surface area contributed by atoms with E-state index in [2.05, 4.69) is 10.1 Å². The highest BCUT2D eigenvalue weighted by atomic mass is 32.2. The highest BCUT2D eigenvalue weighted by Gasteiger charge is 2.59. The number of hydrogen-bond acceptors (Lipinski definition) is 7. The molecule has 0 bridgehead atoms. The predicted octanol–water partition coefficient (Wildman–Crippen LogP) is 0.115. The van der Waals surface area contributed by atoms with Crippen molar-refractivity contribution in [2.45, 2.75) is 32.2 Å². The lowest BCUT2D eigenvalue weighted by molar-refractivity contribution is -0.148. The standard InChI is InChI=1S/C15H22N4O5S/c1-2-25(22,23)19-6-11-5-18(8-15(11,9-19)14(20)21)7-12-16-13(17-24-12)10-3-4-10/h10-11H,2-9H2,1H3,(H,20,21)/t11?,15-/m0/s1. The predicted molar refractivity (Wildman–Crippen MR) is 86.1 cm³/mol. The van der Waals surface area contributed by atoms with Crippen molar-refractivity contribution in [1.82, 2.24) is 19.3 Å². The SMILES string of the molecule is CCS(=O)(=O)N1CC2CN(Cc3nc(C4CC4)no3)C[C@]2(C(=O)O)C1. The first-order valence-corrected chi connectivity index (χ1v) is 10.2. The second kappa shape index (κ2) is 5.75. The molecule has 0 radical (unpaired) electrons. The quantitative estimate of drug-likeness (QED) is 0.750. The summed E-state index contributed by atoms with van der Waals surface area (Å²) in [6, 6.07) is 0. The van der Waals surface area contributed by atoms with Crippen LogP contribution < -0.4 is 0 Å². The largest absolute Gasteiger partial charge is 0.481 e. The minimum absolute atomic E-state index is 0.00887. The maximum absolute atomic E-state index is 12.1. The summed E-state index contributed by atoms with van der Waals surface area (Å²) in [5, 5.41) is 13.8. The van der Waals surface area contributed by atoms with Crippen LogP contribution in [0.25, 0.3) is 0 Å². The normalized spacial score (nSPS) is 30.7. The van der Waals surface area contributed by atoms with E-state index in [-0.39, 0.29) is 24.8 Å². The molecule has 2 atom stereocenters. The lowest BCUT2D eigenvalue weighted by atomic mass is 9.81. The second-order valence-electron chi connectivity index (χ2n) is 7.34. The first kappa shape index (κ1) is 16.9. The Morgan fingerprint density at radius 3 is 2.72 bits per heavy atom. The first-order chi connectivity index (χ1) is 11.8. The molecule has 2 aliphatic heterocycles. The first-order valence-electron chi connectivity index (χ1n) is 8.60. The van der Waals surface area contributed by atoms with Crippen molar-refractivity contribution >= 4 is 16.0 Å². The second-order valence-corrected chi connectivity index (χ2v) is 9.60. The van der Waals surface area contributed by atoms with Crippen LogP contribution in [0.1, 0.15) is 37.4 Å². The molecule has 138 valence electrons. The number of rotatable bonds is 6. The smallest absolute Gasteiger partial charge is 0.312 e. The van der Waals surface area contributed by atoms with E-state index in [0.29, 0.717) is 31.4 Å². The van der Waals surface area contributed by atoms with Crippen LogP contribution >= 0.6 is 0 Å². The third-order valence-corrected chi connectivity index (χ3v) is 7.41. The molecule has 0 spiro atoms. The maximum Gasteiger partial charge on any atom is 0.312 e. The topological polar surface area (TPSA) is 117 Å². The van der Waals surface area contributed by atoms with Crippen LogP contribution in [0, 0.1) is 11.3 Å². The monoisotopic (exact) mass is 370 g/mol. The summed E-state index contributed by atoms with van der Waals surface area (Å²) in [7, 11) is -3.38. The van der Waals surface area contributed by atoms with Gasteiger partial charge < -0.3 is 9.63 Å². The molecule has 1 aliphatic carbocycles. The number of sulfonamides is 1. The summed E-state index contributed by atoms with van der Waals surface area (Å²) in [6.07, 6.45) is 2.18. The van der Waals surface area contributed by atoms with Crippen molar-refractivity contribution in [2.24, 2.45) is 11.3 Å². The van der Waals surface area contributed by atoms with Gasteiger partial charge in [0, 0.05) is 38.0 Å². The molecule has 3 aliphatic rings. The highest BCUT2D eigenvalue weighted by molar-refractivity contribution is 7.89. The highest BCUT2D eigenvalue weighted by Crippen LogP contribution is 2.44. The van der Waals surface area contributed by atoms with Gasteiger partial charge in [0.25, 0.3) is 0 Å². The third-order valence-electron chi connectivity index (χ3n) is 5.62. The Bertz CT molecular complexity index is 790. The van der Waals surface area contributed by atoms with E-state index < -0.39 is 21.4 Å². The van der Waals surface area contributed by atoms with Crippen LogP contribution in [-0.4, -0.2) is 70.8 Å². The number of nitrogens with zero attached hydrogens (tertiary/aromatic N) is 4. The van der Waals surface area contributed by atoms with Gasteiger partial charge in [-0.1, -0.05) is 5.16 Å². The zero-order valence-corrected chi connectivity index (χ0v) is 14.9. The van der Waals surface area contributed by atoms with Gasteiger partial charge in [-0.05, 0) is 19.8 Å². The van der Waals surface area contributed by atoms with Gasteiger partial charge in [-0.25, -0.2) is 12.7 Å². The Hall–Kier alpha value is -1.52. The number of carbonyl (C=O) groups is 1. The molecule has 1 aromatic rings. The summed E-state index contributed by atoms with van der Waals surface area (Å²) in [6.45, 7) is 3.10. The third kappa shape index (κ3) is 2.85. The number of carboxylic acid groups (broad SMARTS) is 1. The van der Waals surface area contributed by atoms with Crippen molar-refractivity contribution in [1.29, 1.82) is 0 Å². The molecule has 0 aromatic carbocycles. The summed E-state index contributed by atoms with van der Waals surface area (Å²) in [5.74, 6) is 0.484. The van der Waals surface area contributed by atoms with E-state index >= 15 is 0 Å². The molecular formula is C15H22N4O5S. The molecule has 1 saturated carbocycles. The molecule has 2 saturated heterocycles. The van der Waals surface area contributed by atoms with E-state index in [9.17, 15) is 18.3 Å². The van der Waals surface area contributed by atoms with Crippen molar-refractivity contribution < 1.29 is 22.8 Å². The zero-order valence-electron chi connectivity index (χ0n) is 14.1. The number of fused-ring (bicyclic) bond motifs is 1. The van der Waals surface area contributed by atoms with Gasteiger partial charge in [0.05, 0.1) is 17.7 Å².